The molecule has 34 heavy (non-hydrogen) atoms. The molecular formula is C24H17FN4O3S2. The van der Waals surface area contributed by atoms with E-state index in [1.807, 2.05) is 0 Å². The van der Waals surface area contributed by atoms with E-state index in [-0.39, 0.29) is 22.8 Å². The number of aromatic nitrogens is 4. The van der Waals surface area contributed by atoms with Crippen molar-refractivity contribution in [3.8, 4) is 11.3 Å². The predicted molar refractivity (Wildman–Crippen MR) is 130 cm³/mol. The average molecular weight is 493 g/mol. The molecule has 1 aromatic carbocycles. The highest BCUT2D eigenvalue weighted by molar-refractivity contribution is 7.19. The molecule has 4 aromatic heterocycles. The largest absolute Gasteiger partial charge is 0.282 e. The molecule has 0 N–H and O–H groups in total. The molecule has 10 heteroatoms. The molecule has 0 amide bonds. The van der Waals surface area contributed by atoms with Gasteiger partial charge in [0.2, 0.25) is 10.9 Å². The van der Waals surface area contributed by atoms with Gasteiger partial charge in [0.25, 0.3) is 11.1 Å². The molecule has 0 saturated heterocycles. The standard InChI is InChI=1S/C24H17FN4O3S2/c1-12(30)28-11-14(20(27-28)13-6-8-15(25)9-7-13)10-18-22(32)29-23-19(21(31)26-24(29)34-18)16-4-2-3-5-17(16)33-23/h6-11H,2-5H2,1H3. The van der Waals surface area contributed by atoms with Gasteiger partial charge in [0.05, 0.1) is 9.92 Å². The summed E-state index contributed by atoms with van der Waals surface area (Å²) in [5.74, 6) is -0.676. The number of rotatable bonds is 2. The maximum absolute atomic E-state index is 13.5. The number of hydrogen-bond acceptors (Lipinski definition) is 7. The van der Waals surface area contributed by atoms with Gasteiger partial charge in [0.1, 0.15) is 16.3 Å². The SMILES string of the molecule is CC(=O)n1cc(C=c2sc3nc(=O)c4c5c(sc4n3c2=O)CCCC5)c(-c2ccc(F)cc2)n1. The lowest BCUT2D eigenvalue weighted by Crippen LogP contribution is -2.24. The zero-order valence-corrected chi connectivity index (χ0v) is 19.6. The molecule has 0 unspecified atom stereocenters. The second-order valence-corrected chi connectivity index (χ2v) is 10.3. The Bertz CT molecular complexity index is 1790. The molecular weight excluding hydrogens is 475 g/mol. The van der Waals surface area contributed by atoms with E-state index in [1.165, 1.54) is 39.5 Å². The quantitative estimate of drug-likeness (QED) is 0.377. The first-order chi connectivity index (χ1) is 16.4. The number of hydrogen-bond donors (Lipinski definition) is 0. The minimum atomic E-state index is -0.384. The van der Waals surface area contributed by atoms with Gasteiger partial charge in [-0.1, -0.05) is 11.3 Å². The van der Waals surface area contributed by atoms with Crippen molar-refractivity contribution < 1.29 is 9.18 Å². The van der Waals surface area contributed by atoms with Crippen LogP contribution in [0, 0.1) is 5.82 Å². The van der Waals surface area contributed by atoms with Crippen molar-refractivity contribution in [2.24, 2.45) is 0 Å². The zero-order chi connectivity index (χ0) is 23.6. The molecule has 0 spiro atoms. The van der Waals surface area contributed by atoms with E-state index in [9.17, 15) is 18.8 Å². The van der Waals surface area contributed by atoms with Gasteiger partial charge in [-0.05, 0) is 61.6 Å². The second-order valence-electron chi connectivity index (χ2n) is 8.25. The number of thiophene rings is 1. The van der Waals surface area contributed by atoms with Gasteiger partial charge in [0, 0.05) is 29.1 Å². The Morgan fingerprint density at radius 2 is 1.88 bits per heavy atom. The summed E-state index contributed by atoms with van der Waals surface area (Å²) in [6, 6.07) is 5.77. The van der Waals surface area contributed by atoms with E-state index < -0.39 is 0 Å². The Morgan fingerprint density at radius 1 is 1.12 bits per heavy atom. The second kappa shape index (κ2) is 7.78. The van der Waals surface area contributed by atoms with Crippen LogP contribution < -0.4 is 15.7 Å². The maximum Gasteiger partial charge on any atom is 0.282 e. The maximum atomic E-state index is 13.5. The number of halogens is 1. The first-order valence-electron chi connectivity index (χ1n) is 10.8. The lowest BCUT2D eigenvalue weighted by atomic mass is 9.97. The van der Waals surface area contributed by atoms with Gasteiger partial charge in [-0.3, -0.25) is 14.4 Å². The van der Waals surface area contributed by atoms with Crippen LogP contribution in [-0.2, 0) is 12.8 Å². The van der Waals surface area contributed by atoms with E-state index in [0.717, 1.165) is 47.5 Å². The summed E-state index contributed by atoms with van der Waals surface area (Å²) in [6.07, 6.45) is 7.05. The molecule has 170 valence electrons. The molecule has 1 aliphatic rings. The summed E-state index contributed by atoms with van der Waals surface area (Å²) in [7, 11) is 0. The van der Waals surface area contributed by atoms with Crippen LogP contribution in [0.1, 0.15) is 40.6 Å². The molecule has 4 heterocycles. The number of carbonyl (C=O) groups is 1. The minimum Gasteiger partial charge on any atom is -0.273 e. The number of carbonyl (C=O) groups excluding carboxylic acids is 1. The Labute approximate surface area is 199 Å². The summed E-state index contributed by atoms with van der Waals surface area (Å²) < 4.78 is 16.5. The minimum absolute atomic E-state index is 0.267. The first-order valence-corrected chi connectivity index (χ1v) is 12.4. The van der Waals surface area contributed by atoms with Crippen LogP contribution in [0.5, 0.6) is 0 Å². The molecule has 0 saturated carbocycles. The fourth-order valence-electron chi connectivity index (χ4n) is 4.43. The number of fused-ring (bicyclic) bond motifs is 5. The molecule has 0 atom stereocenters. The molecule has 1 aliphatic carbocycles. The smallest absolute Gasteiger partial charge is 0.273 e. The highest BCUT2D eigenvalue weighted by atomic mass is 32.1. The number of thiazole rings is 1. The van der Waals surface area contributed by atoms with Crippen molar-refractivity contribution in [1.82, 2.24) is 19.2 Å². The molecule has 0 fully saturated rings. The first kappa shape index (κ1) is 21.1. The van der Waals surface area contributed by atoms with Gasteiger partial charge in [-0.25, -0.2) is 13.5 Å². The molecule has 7 nitrogen and oxygen atoms in total. The van der Waals surface area contributed by atoms with Crippen molar-refractivity contribution in [3.63, 3.8) is 0 Å². The monoisotopic (exact) mass is 492 g/mol. The Hall–Kier alpha value is -3.50. The topological polar surface area (TPSA) is 86.3 Å². The Morgan fingerprint density at radius 3 is 2.65 bits per heavy atom. The number of aryl methyl sites for hydroxylation is 2. The lowest BCUT2D eigenvalue weighted by Gasteiger charge is -2.09. The third kappa shape index (κ3) is 3.24. The van der Waals surface area contributed by atoms with E-state index in [2.05, 4.69) is 10.1 Å². The summed E-state index contributed by atoms with van der Waals surface area (Å²) in [4.78, 5) is 44.7. The summed E-state index contributed by atoms with van der Waals surface area (Å²) >= 11 is 2.63. The molecule has 6 rings (SSSR count). The van der Waals surface area contributed by atoms with E-state index in [1.54, 1.807) is 24.4 Å². The van der Waals surface area contributed by atoms with Crippen molar-refractivity contribution in [2.45, 2.75) is 32.6 Å². The summed E-state index contributed by atoms with van der Waals surface area (Å²) in [5, 5.41) is 4.91. The molecule has 0 bridgehead atoms. The summed E-state index contributed by atoms with van der Waals surface area (Å²) in [6.45, 7) is 1.38. The molecule has 0 aliphatic heterocycles. The molecule has 5 aromatic rings. The van der Waals surface area contributed by atoms with E-state index >= 15 is 0 Å². The van der Waals surface area contributed by atoms with Crippen LogP contribution in [0.15, 0.2) is 40.1 Å². The van der Waals surface area contributed by atoms with Crippen molar-refractivity contribution in [1.29, 1.82) is 0 Å². The zero-order valence-electron chi connectivity index (χ0n) is 18.0. The Kier molecular flexibility index (Phi) is 4.82. The van der Waals surface area contributed by atoms with Crippen LogP contribution in [0.4, 0.5) is 4.39 Å². The Balaban J connectivity index is 1.61. The van der Waals surface area contributed by atoms with Crippen LogP contribution in [0.3, 0.4) is 0 Å². The van der Waals surface area contributed by atoms with Gasteiger partial charge < -0.3 is 0 Å². The van der Waals surface area contributed by atoms with Gasteiger partial charge in [-0.15, -0.1) is 11.3 Å². The van der Waals surface area contributed by atoms with Crippen molar-refractivity contribution in [3.05, 3.63) is 77.5 Å². The lowest BCUT2D eigenvalue weighted by molar-refractivity contribution is 0.0921. The summed E-state index contributed by atoms with van der Waals surface area (Å²) in [5.41, 5.74) is 2.08. The third-order valence-electron chi connectivity index (χ3n) is 6.04. The van der Waals surface area contributed by atoms with E-state index in [0.29, 0.717) is 36.5 Å². The highest BCUT2D eigenvalue weighted by Crippen LogP contribution is 2.34. The van der Waals surface area contributed by atoms with Crippen LogP contribution in [0.25, 0.3) is 32.5 Å². The van der Waals surface area contributed by atoms with Gasteiger partial charge in [-0.2, -0.15) is 10.1 Å². The van der Waals surface area contributed by atoms with Crippen molar-refractivity contribution >= 4 is 49.8 Å². The predicted octanol–water partition coefficient (Wildman–Crippen LogP) is 3.42. The number of nitrogens with zero attached hydrogens (tertiary/aromatic N) is 4. The van der Waals surface area contributed by atoms with Crippen LogP contribution >= 0.6 is 22.7 Å². The fraction of sp³-hybridized carbons (Fsp3) is 0.208. The highest BCUT2D eigenvalue weighted by Gasteiger charge is 2.22. The van der Waals surface area contributed by atoms with Crippen LogP contribution in [0.2, 0.25) is 0 Å². The molecule has 0 radical (unpaired) electrons. The van der Waals surface area contributed by atoms with E-state index in [4.69, 9.17) is 0 Å². The van der Waals surface area contributed by atoms with Gasteiger partial charge >= 0.3 is 0 Å². The number of benzene rings is 1. The average Bonchev–Trinajstić information content (AvgIpc) is 3.49. The van der Waals surface area contributed by atoms with Crippen LogP contribution in [-0.4, -0.2) is 25.1 Å². The normalized spacial score (nSPS) is 14.2. The fourth-order valence-corrected chi connectivity index (χ4v) is 6.82. The van der Waals surface area contributed by atoms with Gasteiger partial charge in [0.15, 0.2) is 0 Å². The third-order valence-corrected chi connectivity index (χ3v) is 8.29. The van der Waals surface area contributed by atoms with Crippen molar-refractivity contribution in [2.75, 3.05) is 0 Å².